The Balaban J connectivity index is 1.23. The molecule has 53 heavy (non-hydrogen) atoms. The van der Waals surface area contributed by atoms with E-state index in [2.05, 4.69) is 20.9 Å². The van der Waals surface area contributed by atoms with Crippen LogP contribution in [0.5, 0.6) is 0 Å². The van der Waals surface area contributed by atoms with Crippen molar-refractivity contribution >= 4 is 23.6 Å². The van der Waals surface area contributed by atoms with E-state index in [1.54, 1.807) is 0 Å². The molecule has 3 saturated heterocycles. The molecule has 9 N–H and O–H groups in total. The van der Waals surface area contributed by atoms with Crippen LogP contribution in [0.25, 0.3) is 0 Å². The predicted octanol–water partition coefficient (Wildman–Crippen LogP) is 1.18. The van der Waals surface area contributed by atoms with Gasteiger partial charge < -0.3 is 42.8 Å². The molecular weight excluding hydrogens is 672 g/mol. The number of rotatable bonds is 18. The van der Waals surface area contributed by atoms with E-state index in [1.165, 1.54) is 0 Å². The normalized spacial score (nSPS) is 22.8. The van der Waals surface area contributed by atoms with Crippen molar-refractivity contribution in [1.29, 1.82) is 0 Å². The smallest absolute Gasteiger partial charge is 0.245 e. The summed E-state index contributed by atoms with van der Waals surface area (Å²) in [5, 5.41) is 8.76. The number of epoxide rings is 1. The number of carbonyl (C=O) groups excluding carboxylic acids is 4. The zero-order valence-corrected chi connectivity index (χ0v) is 31.3. The van der Waals surface area contributed by atoms with Crippen LogP contribution in [0.3, 0.4) is 0 Å². The summed E-state index contributed by atoms with van der Waals surface area (Å²) in [7, 11) is 0. The first kappa shape index (κ1) is 40.3. The van der Waals surface area contributed by atoms with Crippen LogP contribution in [0.1, 0.15) is 69.9 Å². The number of ether oxygens (including phenoxy) is 1. The summed E-state index contributed by atoms with van der Waals surface area (Å²) in [6.45, 7) is 6.52. The van der Waals surface area contributed by atoms with Crippen LogP contribution < -0.4 is 33.2 Å². The number of nitrogens with zero attached hydrogens (tertiary/aromatic N) is 2. The number of nitrogens with one attached hydrogen (secondary N) is 3. The molecule has 0 spiro atoms. The van der Waals surface area contributed by atoms with Crippen molar-refractivity contribution < 1.29 is 23.9 Å². The van der Waals surface area contributed by atoms with Crippen molar-refractivity contribution in [3.8, 4) is 0 Å². The van der Waals surface area contributed by atoms with Gasteiger partial charge >= 0.3 is 0 Å². The molecule has 13 heteroatoms. The lowest BCUT2D eigenvalue weighted by atomic mass is 9.98. The summed E-state index contributed by atoms with van der Waals surface area (Å²) in [5.41, 5.74) is 19.9. The van der Waals surface area contributed by atoms with E-state index in [4.69, 9.17) is 21.9 Å². The molecule has 4 amide bonds. The first-order valence-electron chi connectivity index (χ1n) is 19.4. The third kappa shape index (κ3) is 11.6. The average molecular weight is 733 g/mol. The minimum atomic E-state index is -0.984. The fraction of sp³-hybridized carbons (Fsp3) is 0.600. The quantitative estimate of drug-likeness (QED) is 0.122. The number of benzene rings is 2. The number of piperidine rings is 1. The van der Waals surface area contributed by atoms with Gasteiger partial charge in [0, 0.05) is 31.6 Å². The number of carbonyl (C=O) groups is 4. The molecule has 3 aliphatic rings. The number of hydrogen-bond acceptors (Lipinski definition) is 9. The Morgan fingerprint density at radius 2 is 1.36 bits per heavy atom. The molecule has 0 aromatic heterocycles. The molecule has 2 aromatic carbocycles. The fourth-order valence-corrected chi connectivity index (χ4v) is 7.83. The maximum Gasteiger partial charge on any atom is 0.245 e. The number of likely N-dealkylation sites (tertiary alicyclic amines) is 2. The lowest BCUT2D eigenvalue weighted by Crippen LogP contribution is -2.59. The Bertz CT molecular complexity index is 1490. The maximum atomic E-state index is 14.0. The third-order valence-corrected chi connectivity index (χ3v) is 10.7. The Labute approximate surface area is 314 Å². The molecule has 7 atom stereocenters. The van der Waals surface area contributed by atoms with Gasteiger partial charge in [0.1, 0.15) is 30.5 Å². The summed E-state index contributed by atoms with van der Waals surface area (Å²) in [6.07, 6.45) is 5.63. The van der Waals surface area contributed by atoms with E-state index >= 15 is 0 Å². The molecule has 0 bridgehead atoms. The topological polar surface area (TPSA) is 201 Å². The second-order valence-corrected chi connectivity index (χ2v) is 15.3. The van der Waals surface area contributed by atoms with Gasteiger partial charge in [-0.25, -0.2) is 0 Å². The molecule has 13 nitrogen and oxygen atoms in total. The highest BCUT2D eigenvalue weighted by Gasteiger charge is 2.48. The van der Waals surface area contributed by atoms with Gasteiger partial charge in [0.05, 0.1) is 6.04 Å². The van der Waals surface area contributed by atoms with Crippen molar-refractivity contribution in [1.82, 2.24) is 25.8 Å². The van der Waals surface area contributed by atoms with Gasteiger partial charge in [-0.1, -0.05) is 74.5 Å². The number of nitrogens with two attached hydrogens (primary N) is 3. The zero-order valence-electron chi connectivity index (χ0n) is 31.3. The lowest BCUT2D eigenvalue weighted by Gasteiger charge is -2.40. The van der Waals surface area contributed by atoms with E-state index in [-0.39, 0.29) is 30.6 Å². The largest absolute Gasteiger partial charge is 0.352 e. The Morgan fingerprint density at radius 3 is 1.94 bits per heavy atom. The first-order chi connectivity index (χ1) is 25.5. The standard InChI is InChI=1S/C40H60N8O5/c1-26(2)23-32(46-39(51)33(25-28-13-7-4-8-14-28)45-37(49)30(42)24-27-11-5-3-6-12-27)38(50)44-31(15-9-19-41)40(52)47-21-17-29(18-22-47)48-20-10-16-34(48)35-36(43)53-35/h3-8,11-14,26,29-36H,9-10,15-25,41-43H2,1-2H3,(H,44,50)(H,45,49)(H,46,51)/t30-,31-,32-,33-,34+,35?,36?/m1/s1. The van der Waals surface area contributed by atoms with Gasteiger partial charge in [-0.2, -0.15) is 0 Å². The molecular formula is C40H60N8O5. The zero-order chi connectivity index (χ0) is 37.9. The Kier molecular flexibility index (Phi) is 14.8. The van der Waals surface area contributed by atoms with Crippen molar-refractivity contribution in [2.24, 2.45) is 23.1 Å². The van der Waals surface area contributed by atoms with Gasteiger partial charge in [-0.05, 0) is 81.5 Å². The van der Waals surface area contributed by atoms with Gasteiger partial charge in [-0.15, -0.1) is 0 Å². The predicted molar refractivity (Wildman–Crippen MR) is 204 cm³/mol. The van der Waals surface area contributed by atoms with E-state index in [0.29, 0.717) is 57.4 Å². The van der Waals surface area contributed by atoms with E-state index < -0.39 is 41.9 Å². The first-order valence-corrected chi connectivity index (χ1v) is 19.4. The van der Waals surface area contributed by atoms with Gasteiger partial charge in [0.15, 0.2) is 0 Å². The summed E-state index contributed by atoms with van der Waals surface area (Å²) < 4.78 is 5.61. The highest BCUT2D eigenvalue weighted by atomic mass is 16.6. The third-order valence-electron chi connectivity index (χ3n) is 10.7. The van der Waals surface area contributed by atoms with E-state index in [9.17, 15) is 19.2 Å². The summed E-state index contributed by atoms with van der Waals surface area (Å²) in [4.78, 5) is 59.6. The molecule has 2 unspecified atom stereocenters. The Morgan fingerprint density at radius 1 is 0.792 bits per heavy atom. The molecule has 0 radical (unpaired) electrons. The summed E-state index contributed by atoms with van der Waals surface area (Å²) in [5.74, 6) is -1.49. The van der Waals surface area contributed by atoms with Crippen LogP contribution in [-0.2, 0) is 36.8 Å². The van der Waals surface area contributed by atoms with Gasteiger partial charge in [0.25, 0.3) is 0 Å². The summed E-state index contributed by atoms with van der Waals surface area (Å²) in [6, 6.07) is 16.0. The molecule has 0 saturated carbocycles. The second-order valence-electron chi connectivity index (χ2n) is 15.3. The van der Waals surface area contributed by atoms with Crippen molar-refractivity contribution in [2.45, 2.75) is 120 Å². The lowest BCUT2D eigenvalue weighted by molar-refractivity contribution is -0.139. The minimum absolute atomic E-state index is 0.0507. The highest BCUT2D eigenvalue weighted by molar-refractivity contribution is 5.95. The molecule has 290 valence electrons. The molecule has 3 heterocycles. The highest BCUT2D eigenvalue weighted by Crippen LogP contribution is 2.35. The van der Waals surface area contributed by atoms with Crippen LogP contribution in [0, 0.1) is 5.92 Å². The van der Waals surface area contributed by atoms with Gasteiger partial charge in [0.2, 0.25) is 23.6 Å². The molecule has 3 fully saturated rings. The van der Waals surface area contributed by atoms with E-state index in [0.717, 1.165) is 43.4 Å². The van der Waals surface area contributed by atoms with Crippen LogP contribution in [0.4, 0.5) is 0 Å². The molecule has 0 aliphatic carbocycles. The Hall–Kier alpha value is -3.88. The van der Waals surface area contributed by atoms with Crippen molar-refractivity contribution in [3.05, 3.63) is 71.8 Å². The monoisotopic (exact) mass is 732 g/mol. The van der Waals surface area contributed by atoms with Crippen molar-refractivity contribution in [3.63, 3.8) is 0 Å². The minimum Gasteiger partial charge on any atom is -0.352 e. The molecule has 2 aromatic rings. The van der Waals surface area contributed by atoms with Gasteiger partial charge in [-0.3, -0.25) is 24.1 Å². The second kappa shape index (κ2) is 19.4. The average Bonchev–Trinajstić information content (AvgIpc) is 3.68. The van der Waals surface area contributed by atoms with Crippen LogP contribution >= 0.6 is 0 Å². The fourth-order valence-electron chi connectivity index (χ4n) is 7.83. The van der Waals surface area contributed by atoms with Crippen LogP contribution in [-0.4, -0.2) is 108 Å². The number of hydrogen-bond donors (Lipinski definition) is 6. The van der Waals surface area contributed by atoms with E-state index in [1.807, 2.05) is 79.4 Å². The SMILES string of the molecule is CC(C)C[C@@H](NC(=O)[C@@H](Cc1ccccc1)NC(=O)[C@H](N)Cc1ccccc1)C(=O)N[C@H](CCCN)C(=O)N1CCC(N2CCC[C@H]2C2OC2N)CC1. The summed E-state index contributed by atoms with van der Waals surface area (Å²) >= 11 is 0. The number of amides is 4. The maximum absolute atomic E-state index is 14.0. The molecule has 5 rings (SSSR count). The molecule has 3 aliphatic heterocycles. The van der Waals surface area contributed by atoms with Crippen LogP contribution in [0.2, 0.25) is 0 Å². The van der Waals surface area contributed by atoms with Crippen LogP contribution in [0.15, 0.2) is 60.7 Å². The van der Waals surface area contributed by atoms with Crippen molar-refractivity contribution in [2.75, 3.05) is 26.2 Å².